The Kier molecular flexibility index (Phi) is 10.2. The average molecular weight is 462 g/mol. The Bertz CT molecular complexity index is 1010. The predicted octanol–water partition coefficient (Wildman–Crippen LogP) is 6.21. The van der Waals surface area contributed by atoms with E-state index >= 15 is 0 Å². The van der Waals surface area contributed by atoms with Crippen molar-refractivity contribution in [3.63, 3.8) is 0 Å². The number of hydrogen-bond donors (Lipinski definition) is 1. The summed E-state index contributed by atoms with van der Waals surface area (Å²) in [7, 11) is 1.80. The van der Waals surface area contributed by atoms with E-state index in [9.17, 15) is 0 Å². The van der Waals surface area contributed by atoms with E-state index in [0.29, 0.717) is 5.54 Å². The molecule has 0 radical (unpaired) electrons. The topological polar surface area (TPSA) is 52.3 Å². The lowest BCUT2D eigenvalue weighted by atomic mass is 10.1. The second kappa shape index (κ2) is 12.6. The third-order valence-corrected chi connectivity index (χ3v) is 6.25. The molecule has 0 aromatic carbocycles. The predicted molar refractivity (Wildman–Crippen MR) is 150 cm³/mol. The second-order valence-corrected chi connectivity index (χ2v) is 9.37. The van der Waals surface area contributed by atoms with Gasteiger partial charge in [-0.15, -0.1) is 0 Å². The Morgan fingerprint density at radius 3 is 2.24 bits per heavy atom. The highest BCUT2D eigenvalue weighted by Gasteiger charge is 2.45. The van der Waals surface area contributed by atoms with Crippen molar-refractivity contribution in [2.24, 2.45) is 15.0 Å². The van der Waals surface area contributed by atoms with Gasteiger partial charge in [0, 0.05) is 55.0 Å². The van der Waals surface area contributed by atoms with E-state index in [2.05, 4.69) is 58.9 Å². The Morgan fingerprint density at radius 1 is 0.971 bits per heavy atom. The second-order valence-electron chi connectivity index (χ2n) is 9.37. The van der Waals surface area contributed by atoms with Crippen LogP contribution in [0.25, 0.3) is 0 Å². The SMILES string of the molecule is C=C(C)/C=C(\N=C(C)/C=C\C(=C/C)N1CCNC2(CC2)C1)C(/C=C(C)\C(C)=N\C(C)=C/C)=N/C. The van der Waals surface area contributed by atoms with Gasteiger partial charge in [0.2, 0.25) is 0 Å². The summed E-state index contributed by atoms with van der Waals surface area (Å²) in [5.41, 5.74) is 8.08. The van der Waals surface area contributed by atoms with E-state index in [1.807, 2.05) is 52.8 Å². The molecule has 0 bridgehead atoms. The molecule has 0 unspecified atom stereocenters. The van der Waals surface area contributed by atoms with Crippen LogP contribution >= 0.6 is 0 Å². The lowest BCUT2D eigenvalue weighted by Crippen LogP contribution is -2.51. The van der Waals surface area contributed by atoms with E-state index in [-0.39, 0.29) is 0 Å². The third kappa shape index (κ3) is 8.21. The molecule has 1 heterocycles. The molecule has 1 saturated carbocycles. The van der Waals surface area contributed by atoms with Crippen LogP contribution in [0.1, 0.15) is 61.3 Å². The van der Waals surface area contributed by atoms with Crippen LogP contribution in [-0.4, -0.2) is 54.3 Å². The summed E-state index contributed by atoms with van der Waals surface area (Å²) in [6.45, 7) is 21.4. The highest BCUT2D eigenvalue weighted by molar-refractivity contribution is 6.14. The summed E-state index contributed by atoms with van der Waals surface area (Å²) in [6.07, 6.45) is 15.1. The highest BCUT2D eigenvalue weighted by atomic mass is 15.2. The molecule has 2 aliphatic rings. The average Bonchev–Trinajstić information content (AvgIpc) is 3.54. The van der Waals surface area contributed by atoms with Crippen molar-refractivity contribution in [2.75, 3.05) is 26.7 Å². The van der Waals surface area contributed by atoms with E-state index in [0.717, 1.165) is 59.3 Å². The fourth-order valence-electron chi connectivity index (χ4n) is 3.86. The third-order valence-electron chi connectivity index (χ3n) is 6.25. The molecule has 0 aromatic rings. The Balaban J connectivity index is 2.26. The van der Waals surface area contributed by atoms with E-state index < -0.39 is 0 Å². The first kappa shape index (κ1) is 27.5. The molecule has 184 valence electrons. The molecule has 5 nitrogen and oxygen atoms in total. The van der Waals surface area contributed by atoms with Crippen LogP contribution in [0, 0.1) is 0 Å². The molecule has 2 fully saturated rings. The van der Waals surface area contributed by atoms with Gasteiger partial charge in [0.05, 0.1) is 11.4 Å². The maximum Gasteiger partial charge on any atom is 0.0887 e. The van der Waals surface area contributed by atoms with Crippen LogP contribution in [0.2, 0.25) is 0 Å². The van der Waals surface area contributed by atoms with E-state index in [1.165, 1.54) is 18.5 Å². The number of nitrogens with one attached hydrogen (secondary N) is 1. The molecule has 0 amide bonds. The quantitative estimate of drug-likeness (QED) is 0.328. The summed E-state index contributed by atoms with van der Waals surface area (Å²) >= 11 is 0. The van der Waals surface area contributed by atoms with Gasteiger partial charge in [-0.25, -0.2) is 0 Å². The number of aliphatic imine (C=N–C) groups is 3. The van der Waals surface area contributed by atoms with Crippen molar-refractivity contribution in [1.29, 1.82) is 0 Å². The Morgan fingerprint density at radius 2 is 1.68 bits per heavy atom. The van der Waals surface area contributed by atoms with Crippen molar-refractivity contribution in [2.45, 2.75) is 66.8 Å². The Hall–Kier alpha value is -2.79. The molecule has 1 aliphatic carbocycles. The van der Waals surface area contributed by atoms with Crippen LogP contribution in [0.3, 0.4) is 0 Å². The summed E-state index contributed by atoms with van der Waals surface area (Å²) in [5.74, 6) is 0. The van der Waals surface area contributed by atoms with Crippen molar-refractivity contribution < 1.29 is 0 Å². The number of nitrogens with zero attached hydrogens (tertiary/aromatic N) is 4. The van der Waals surface area contributed by atoms with Crippen LogP contribution in [-0.2, 0) is 0 Å². The van der Waals surface area contributed by atoms with Gasteiger partial charge >= 0.3 is 0 Å². The van der Waals surface area contributed by atoms with Crippen molar-refractivity contribution in [1.82, 2.24) is 10.2 Å². The monoisotopic (exact) mass is 461 g/mol. The number of hydrogen-bond acceptors (Lipinski definition) is 5. The first-order valence-electron chi connectivity index (χ1n) is 12.2. The van der Waals surface area contributed by atoms with Gasteiger partial charge < -0.3 is 10.2 Å². The zero-order chi connectivity index (χ0) is 25.3. The van der Waals surface area contributed by atoms with Gasteiger partial charge in [-0.3, -0.25) is 15.0 Å². The molecular weight excluding hydrogens is 418 g/mol. The summed E-state index contributed by atoms with van der Waals surface area (Å²) in [6, 6.07) is 0. The van der Waals surface area contributed by atoms with Crippen molar-refractivity contribution in [3.05, 3.63) is 71.3 Å². The smallest absolute Gasteiger partial charge is 0.0887 e. The molecule has 0 atom stereocenters. The number of allylic oxidation sites excluding steroid dienone is 9. The molecule has 1 spiro atoms. The molecular formula is C29H43N5. The van der Waals surface area contributed by atoms with Crippen molar-refractivity contribution >= 4 is 17.1 Å². The standard InChI is InChI=1S/C29H43N5/c1-10-23(6)32-25(8)22(5)19-27(30-9)28(18-21(3)4)33-24(7)12-13-26(11-2)34-17-16-31-29(20-34)14-15-29/h10-13,18-19,31H,3,14-17,20H2,1-2,4-9H3/b13-12-,22-19-,23-10-,26-11+,28-18-,30-27+,32-25+,33-24-. The minimum Gasteiger partial charge on any atom is -0.369 e. The van der Waals surface area contributed by atoms with Crippen LogP contribution < -0.4 is 5.32 Å². The number of rotatable bonds is 9. The van der Waals surface area contributed by atoms with Crippen LogP contribution in [0.5, 0.6) is 0 Å². The fraction of sp³-hybridized carbons (Fsp3) is 0.483. The van der Waals surface area contributed by atoms with Gasteiger partial charge in [-0.05, 0) is 91.2 Å². The van der Waals surface area contributed by atoms with Crippen molar-refractivity contribution in [3.8, 4) is 0 Å². The largest absolute Gasteiger partial charge is 0.369 e. The molecule has 5 heteroatoms. The fourth-order valence-corrected chi connectivity index (χ4v) is 3.86. The minimum absolute atomic E-state index is 0.352. The zero-order valence-corrected chi connectivity index (χ0v) is 22.5. The zero-order valence-electron chi connectivity index (χ0n) is 22.5. The number of piperazine rings is 1. The van der Waals surface area contributed by atoms with Gasteiger partial charge in [0.1, 0.15) is 0 Å². The maximum atomic E-state index is 4.92. The molecule has 1 aliphatic heterocycles. The minimum atomic E-state index is 0.352. The van der Waals surface area contributed by atoms with Crippen LogP contribution in [0.4, 0.5) is 0 Å². The lowest BCUT2D eigenvalue weighted by molar-refractivity contribution is 0.239. The van der Waals surface area contributed by atoms with Gasteiger partial charge in [-0.2, -0.15) is 0 Å². The maximum absolute atomic E-state index is 4.92. The first-order chi connectivity index (χ1) is 16.1. The normalized spacial score (nSPS) is 21.1. The molecule has 0 aromatic heterocycles. The Labute approximate surface area is 207 Å². The highest BCUT2D eigenvalue weighted by Crippen LogP contribution is 2.38. The molecule has 2 rings (SSSR count). The lowest BCUT2D eigenvalue weighted by Gasteiger charge is -2.36. The van der Waals surface area contributed by atoms with E-state index in [1.54, 1.807) is 7.05 Å². The summed E-state index contributed by atoms with van der Waals surface area (Å²) < 4.78 is 0. The van der Waals surface area contributed by atoms with Gasteiger partial charge in [0.15, 0.2) is 0 Å². The summed E-state index contributed by atoms with van der Waals surface area (Å²) in [5, 5.41) is 3.68. The molecule has 34 heavy (non-hydrogen) atoms. The first-order valence-corrected chi connectivity index (χ1v) is 12.2. The van der Waals surface area contributed by atoms with Crippen LogP contribution in [0.15, 0.2) is 86.2 Å². The van der Waals surface area contributed by atoms with E-state index in [4.69, 9.17) is 4.99 Å². The van der Waals surface area contributed by atoms with Gasteiger partial charge in [-0.1, -0.05) is 24.3 Å². The van der Waals surface area contributed by atoms with Gasteiger partial charge in [0.25, 0.3) is 0 Å². The summed E-state index contributed by atoms with van der Waals surface area (Å²) in [4.78, 5) is 16.6. The molecule has 1 saturated heterocycles. The molecule has 1 N–H and O–H groups in total.